The molecule has 3 rings (SSSR count). The Labute approximate surface area is 302 Å². The van der Waals surface area contributed by atoms with Crippen molar-refractivity contribution in [1.29, 1.82) is 0 Å². The monoisotopic (exact) mass is 868 g/mol. The smallest absolute Gasteiger partial charge is 0.377 e. The Morgan fingerprint density at radius 3 is 0.580 bits per heavy atom. The fraction of sp³-hybridized carbons (Fsp3) is 1.00. The second-order valence-electron chi connectivity index (χ2n) is 10.2. The third kappa shape index (κ3) is 10.2. The second kappa shape index (κ2) is 19.1. The summed E-state index contributed by atoms with van der Waals surface area (Å²) in [6.07, 6.45) is 0. The van der Waals surface area contributed by atoms with Crippen LogP contribution in [0.2, 0.25) is 24.2 Å². The predicted molar refractivity (Wildman–Crippen MR) is 180 cm³/mol. The van der Waals surface area contributed by atoms with Crippen LogP contribution in [0.5, 0.6) is 0 Å². The van der Waals surface area contributed by atoms with Crippen LogP contribution < -0.4 is 0 Å². The van der Waals surface area contributed by atoms with Gasteiger partial charge in [-0.3, -0.25) is 0 Å². The van der Waals surface area contributed by atoms with E-state index in [2.05, 4.69) is 0 Å². The minimum atomic E-state index is -4.52. The molecule has 0 radical (unpaired) electrons. The zero-order valence-corrected chi connectivity index (χ0v) is 38.6. The maximum Gasteiger partial charge on any atom is 0.667 e. The van der Waals surface area contributed by atoms with Gasteiger partial charge in [0.2, 0.25) is 0 Å². The lowest BCUT2D eigenvalue weighted by atomic mass is 10.9. The highest BCUT2D eigenvalue weighted by Crippen LogP contribution is 2.37. The quantitative estimate of drug-likeness (QED) is 0.226. The molecule has 0 unspecified atom stereocenters. The molecule has 0 atom stereocenters. The largest absolute Gasteiger partial charge is 0.667 e. The summed E-state index contributed by atoms with van der Waals surface area (Å²) in [5.74, 6) is 0. The summed E-state index contributed by atoms with van der Waals surface area (Å²) in [5.41, 5.74) is 0. The molecule has 0 aromatic heterocycles. The topological polar surface area (TPSA) is 203 Å². The molecule has 0 saturated carbocycles. The Bertz CT molecular complexity index is 880. The summed E-state index contributed by atoms with van der Waals surface area (Å²) in [5, 5.41) is 0. The van der Waals surface area contributed by atoms with Gasteiger partial charge in [-0.2, -0.15) is 0 Å². The molecule has 0 aliphatic carbocycles. The lowest BCUT2D eigenvalue weighted by Crippen LogP contribution is -2.76. The minimum Gasteiger partial charge on any atom is -0.377 e. The Hall–Kier alpha value is 0.855. The lowest BCUT2D eigenvalue weighted by molar-refractivity contribution is -0.0981. The first-order valence-electron chi connectivity index (χ1n) is 15.2. The summed E-state index contributed by atoms with van der Waals surface area (Å²) in [4.78, 5) is 0. The molecule has 4 bridgehead atoms. The normalized spacial score (nSPS) is 35.3. The maximum absolute atomic E-state index is 6.52. The van der Waals surface area contributed by atoms with E-state index in [4.69, 9.17) is 95.5 Å². The summed E-state index contributed by atoms with van der Waals surface area (Å²) < 4.78 is 134. The highest BCUT2D eigenvalue weighted by Gasteiger charge is 2.75. The Morgan fingerprint density at radius 2 is 0.440 bits per heavy atom. The molecule has 3 aliphatic rings. The predicted octanol–water partition coefficient (Wildman–Crippen LogP) is -0.552. The summed E-state index contributed by atoms with van der Waals surface area (Å²) >= 11 is 0. The average Bonchev–Trinajstić information content (AvgIpc) is 3.14. The minimum absolute atomic E-state index is 0.0798. The molecular weight excluding hydrogens is 817 g/mol. The third-order valence-electron chi connectivity index (χ3n) is 7.86. The zero-order valence-electron chi connectivity index (χ0n) is 30.6. The molecule has 0 spiro atoms. The van der Waals surface area contributed by atoms with E-state index in [0.29, 0.717) is 0 Å². The van der Waals surface area contributed by atoms with Gasteiger partial charge >= 0.3 is 71.4 Å². The van der Waals surface area contributed by atoms with E-state index in [0.717, 1.165) is 0 Å². The van der Waals surface area contributed by atoms with Crippen molar-refractivity contribution in [2.24, 2.45) is 0 Å². The van der Waals surface area contributed by atoms with Crippen LogP contribution in [0.4, 0.5) is 0 Å². The Balaban J connectivity index is 2.19. The summed E-state index contributed by atoms with van der Waals surface area (Å²) in [6.45, 7) is -0.629. The fourth-order valence-electron chi connectivity index (χ4n) is 4.87. The number of hydrogen-bond donors (Lipinski definition) is 0. The van der Waals surface area contributed by atoms with E-state index in [9.17, 15) is 0 Å². The van der Waals surface area contributed by atoms with Crippen molar-refractivity contribution in [3.63, 3.8) is 0 Å². The van der Waals surface area contributed by atoms with E-state index in [-0.39, 0.29) is 50.6 Å². The highest BCUT2D eigenvalue weighted by molar-refractivity contribution is 6.83. The van der Waals surface area contributed by atoms with Gasteiger partial charge in [-0.25, -0.2) is 0 Å². The van der Waals surface area contributed by atoms with Crippen molar-refractivity contribution in [3.8, 4) is 0 Å². The van der Waals surface area contributed by atoms with Crippen LogP contribution in [0.15, 0.2) is 0 Å². The van der Waals surface area contributed by atoms with E-state index >= 15 is 0 Å². The van der Waals surface area contributed by atoms with Crippen LogP contribution in [-0.4, -0.2) is 183 Å². The molecule has 22 nitrogen and oxygen atoms in total. The van der Waals surface area contributed by atoms with Crippen molar-refractivity contribution in [3.05, 3.63) is 0 Å². The number of rotatable bonds is 12. The molecular formula is C20H52O22Si8. The molecule has 0 aromatic rings. The van der Waals surface area contributed by atoms with Crippen molar-refractivity contribution in [2.45, 2.75) is 24.2 Å². The molecule has 3 saturated heterocycles. The van der Waals surface area contributed by atoms with Crippen LogP contribution in [0, 0.1) is 0 Å². The van der Waals surface area contributed by atoms with Crippen LogP contribution in [0.1, 0.15) is 0 Å². The van der Waals surface area contributed by atoms with Crippen molar-refractivity contribution >= 4 is 71.4 Å². The van der Waals surface area contributed by atoms with Gasteiger partial charge in [0, 0.05) is 136 Å². The van der Waals surface area contributed by atoms with Crippen molar-refractivity contribution in [2.75, 3.05) is 112 Å². The molecule has 30 heteroatoms. The average molecular weight is 869 g/mol. The van der Waals surface area contributed by atoms with E-state index in [1.807, 2.05) is 0 Å². The molecule has 3 fully saturated rings. The lowest BCUT2D eigenvalue weighted by Gasteiger charge is -2.45. The second-order valence-corrected chi connectivity index (χ2v) is 32.6. The first-order valence-corrected chi connectivity index (χ1v) is 29.4. The number of hydrogen-bond acceptors (Lipinski definition) is 22. The van der Waals surface area contributed by atoms with Gasteiger partial charge in [-0.15, -0.1) is 0 Å². The summed E-state index contributed by atoms with van der Waals surface area (Å²) in [7, 11) is -15.2. The van der Waals surface area contributed by atoms with E-state index < -0.39 is 71.4 Å². The number of fused-ring (bicyclic) bond motifs is 4. The van der Waals surface area contributed by atoms with Crippen LogP contribution in [0.25, 0.3) is 0 Å². The zero-order chi connectivity index (χ0) is 37.2. The van der Waals surface area contributed by atoms with Crippen LogP contribution in [0.3, 0.4) is 0 Å². The van der Waals surface area contributed by atoms with Crippen LogP contribution >= 0.6 is 0 Å². The fourth-order valence-corrected chi connectivity index (χ4v) is 31.0. The maximum atomic E-state index is 6.52. The third-order valence-corrected chi connectivity index (χ3v) is 33.3. The SMILES string of the molecule is CO[Si]1(OC)CCO[Si]2(OC)O[Si](OC)(OCC[Si](OC)(OC)O1)O[Si]1(OC)OCC[Si](OC)(OC)O[Si](OC)(OC)CCO[Si](OC)(O1)O2. The van der Waals surface area contributed by atoms with Crippen molar-refractivity contribution in [1.82, 2.24) is 0 Å². The Morgan fingerprint density at radius 1 is 0.260 bits per heavy atom. The van der Waals surface area contributed by atoms with E-state index in [1.165, 1.54) is 85.3 Å². The highest BCUT2D eigenvalue weighted by atomic mass is 28.6. The molecule has 3 aliphatic heterocycles. The molecule has 3 heterocycles. The van der Waals surface area contributed by atoms with Gasteiger partial charge in [0.15, 0.2) is 0 Å². The van der Waals surface area contributed by atoms with E-state index in [1.54, 1.807) is 0 Å². The Kier molecular flexibility index (Phi) is 17.3. The first kappa shape index (κ1) is 45.2. The van der Waals surface area contributed by atoms with Gasteiger partial charge in [0.05, 0.1) is 0 Å². The first-order chi connectivity index (χ1) is 23.8. The standard InChI is InChI=1S/C20H52O22Si8/c1-21-43(22-2)17-13-33-47(29-9)39-48(30-10,34-14-18-44(23-3,24-4)37-43)42-50(32-12)36-16-20-46(27-7,28-8)38-45(25-5,26-6)19-15-35-49(31-11,40-50)41-47/h13-20H2,1-12H3. The van der Waals surface area contributed by atoms with Crippen molar-refractivity contribution < 1.29 is 95.5 Å². The van der Waals surface area contributed by atoms with Crippen LogP contribution in [-0.2, 0) is 95.5 Å². The van der Waals surface area contributed by atoms with Gasteiger partial charge < -0.3 is 95.5 Å². The van der Waals surface area contributed by atoms with Gasteiger partial charge in [0.25, 0.3) is 0 Å². The molecule has 0 aromatic carbocycles. The molecule has 0 N–H and O–H groups in total. The molecule has 0 amide bonds. The molecule has 296 valence electrons. The van der Waals surface area contributed by atoms with Gasteiger partial charge in [-0.05, 0) is 0 Å². The molecule has 50 heavy (non-hydrogen) atoms. The summed E-state index contributed by atoms with van der Waals surface area (Å²) in [6, 6.07) is 0.319. The van der Waals surface area contributed by atoms with Gasteiger partial charge in [-0.1, -0.05) is 0 Å². The van der Waals surface area contributed by atoms with Gasteiger partial charge in [0.1, 0.15) is 0 Å².